The van der Waals surface area contributed by atoms with Crippen molar-refractivity contribution in [2.45, 2.75) is 6.92 Å². The maximum Gasteiger partial charge on any atom is 0.335 e. The summed E-state index contributed by atoms with van der Waals surface area (Å²) < 4.78 is 0. The summed E-state index contributed by atoms with van der Waals surface area (Å²) in [6, 6.07) is 6.75. The van der Waals surface area contributed by atoms with Crippen LogP contribution in [-0.2, 0) is 0 Å². The Balaban J connectivity index is 0. The summed E-state index contributed by atoms with van der Waals surface area (Å²) in [6.45, 7) is 1.92. The molecule has 0 fully saturated rings. The van der Waals surface area contributed by atoms with Crippen molar-refractivity contribution in [3.05, 3.63) is 35.4 Å². The molecule has 68 valence electrons. The normalized spacial score (nSPS) is 7.75. The zero-order valence-electron chi connectivity index (χ0n) is 6.78. The van der Waals surface area contributed by atoms with Crippen LogP contribution in [0.2, 0.25) is 0 Å². The molecule has 1 aromatic carbocycles. The Morgan fingerprint density at radius 1 is 1.25 bits per heavy atom. The minimum Gasteiger partial charge on any atom is -0.478 e. The first-order valence-electron chi connectivity index (χ1n) is 3.00. The van der Waals surface area contributed by atoms with Gasteiger partial charge >= 0.3 is 5.97 Å². The smallest absolute Gasteiger partial charge is 0.335 e. The number of aromatic carboxylic acids is 1. The molecule has 0 aromatic heterocycles. The molecule has 1 aromatic rings. The lowest BCUT2D eigenvalue weighted by atomic mass is 10.2. The second-order valence-electron chi connectivity index (χ2n) is 2.17. The van der Waals surface area contributed by atoms with E-state index in [4.69, 9.17) is 5.11 Å². The molecule has 0 bridgehead atoms. The highest BCUT2D eigenvalue weighted by Crippen LogP contribution is 2.01. The summed E-state index contributed by atoms with van der Waals surface area (Å²) >= 11 is 0. The van der Waals surface area contributed by atoms with Crippen molar-refractivity contribution in [2.75, 3.05) is 0 Å². The summed E-state index contributed by atoms with van der Waals surface area (Å²) in [5, 5.41) is 8.48. The number of hydrogen-bond donors (Lipinski definition) is 2. The molecule has 0 aliphatic heterocycles. The summed E-state index contributed by atoms with van der Waals surface area (Å²) in [5.74, 6) is -0.875. The van der Waals surface area contributed by atoms with Crippen molar-refractivity contribution in [1.82, 2.24) is 6.15 Å². The van der Waals surface area contributed by atoms with Gasteiger partial charge in [0.1, 0.15) is 0 Å². The van der Waals surface area contributed by atoms with Gasteiger partial charge in [0.2, 0.25) is 0 Å². The summed E-state index contributed by atoms with van der Waals surface area (Å²) in [4.78, 5) is 10.3. The van der Waals surface area contributed by atoms with Crippen LogP contribution in [0.5, 0.6) is 0 Å². The highest BCUT2D eigenvalue weighted by atomic mass is 35.5. The summed E-state index contributed by atoms with van der Waals surface area (Å²) in [5.41, 5.74) is 1.41. The number of carbonyl (C=O) groups is 1. The van der Waals surface area contributed by atoms with E-state index < -0.39 is 5.97 Å². The molecule has 1 rings (SSSR count). The molecule has 0 unspecified atom stereocenters. The van der Waals surface area contributed by atoms with Crippen LogP contribution < -0.4 is 6.15 Å². The molecular weight excluding hydrogens is 178 g/mol. The molecule has 0 heterocycles. The molecule has 0 saturated heterocycles. The second kappa shape index (κ2) is 5.57. The average Bonchev–Trinajstić information content (AvgIpc) is 1.88. The van der Waals surface area contributed by atoms with Gasteiger partial charge in [-0.1, -0.05) is 17.7 Å². The molecule has 0 atom stereocenters. The molecule has 12 heavy (non-hydrogen) atoms. The first-order valence-corrected chi connectivity index (χ1v) is 3.00. The van der Waals surface area contributed by atoms with E-state index in [1.165, 1.54) is 0 Å². The SMILES string of the molecule is Cc1ccc(C(=O)O)cc1.Cl.N. The van der Waals surface area contributed by atoms with Crippen molar-refractivity contribution < 1.29 is 9.90 Å². The fourth-order valence-corrected chi connectivity index (χ4v) is 0.696. The minimum absolute atomic E-state index is 0. The Labute approximate surface area is 77.4 Å². The molecule has 0 saturated carbocycles. The van der Waals surface area contributed by atoms with Crippen LogP contribution in [0, 0.1) is 6.92 Å². The van der Waals surface area contributed by atoms with Gasteiger partial charge in [-0.2, -0.15) is 0 Å². The zero-order chi connectivity index (χ0) is 7.56. The minimum atomic E-state index is -0.875. The van der Waals surface area contributed by atoms with E-state index in [1.807, 2.05) is 6.92 Å². The van der Waals surface area contributed by atoms with Gasteiger partial charge in [0.15, 0.2) is 0 Å². The van der Waals surface area contributed by atoms with E-state index in [2.05, 4.69) is 0 Å². The van der Waals surface area contributed by atoms with Crippen LogP contribution in [0.25, 0.3) is 0 Å². The Morgan fingerprint density at radius 3 is 2.00 bits per heavy atom. The van der Waals surface area contributed by atoms with E-state index in [9.17, 15) is 4.79 Å². The second-order valence-corrected chi connectivity index (χ2v) is 2.17. The summed E-state index contributed by atoms with van der Waals surface area (Å²) in [7, 11) is 0. The van der Waals surface area contributed by atoms with Crippen molar-refractivity contribution in [3.63, 3.8) is 0 Å². The molecule has 0 spiro atoms. The van der Waals surface area contributed by atoms with Gasteiger partial charge in [-0.15, -0.1) is 12.4 Å². The average molecular weight is 190 g/mol. The number of carboxylic acid groups (broad SMARTS) is 1. The van der Waals surface area contributed by atoms with E-state index in [0.29, 0.717) is 5.56 Å². The van der Waals surface area contributed by atoms with Crippen molar-refractivity contribution in [3.8, 4) is 0 Å². The molecule has 3 nitrogen and oxygen atoms in total. The van der Waals surface area contributed by atoms with Gasteiger partial charge in [-0.25, -0.2) is 4.79 Å². The number of carboxylic acids is 1. The highest BCUT2D eigenvalue weighted by Gasteiger charge is 1.98. The molecule has 0 radical (unpaired) electrons. The number of rotatable bonds is 1. The largest absolute Gasteiger partial charge is 0.478 e. The van der Waals surface area contributed by atoms with E-state index in [0.717, 1.165) is 5.56 Å². The number of hydrogen-bond acceptors (Lipinski definition) is 2. The zero-order valence-corrected chi connectivity index (χ0v) is 7.60. The fraction of sp³-hybridized carbons (Fsp3) is 0.125. The van der Waals surface area contributed by atoms with Gasteiger partial charge < -0.3 is 11.3 Å². The maximum absolute atomic E-state index is 10.3. The predicted octanol–water partition coefficient (Wildman–Crippen LogP) is 2.28. The topological polar surface area (TPSA) is 72.3 Å². The summed E-state index contributed by atoms with van der Waals surface area (Å²) in [6.07, 6.45) is 0. The van der Waals surface area contributed by atoms with E-state index >= 15 is 0 Å². The van der Waals surface area contributed by atoms with Gasteiger partial charge in [0.05, 0.1) is 5.56 Å². The number of aryl methyl sites for hydroxylation is 1. The first-order chi connectivity index (χ1) is 4.70. The van der Waals surface area contributed by atoms with Crippen LogP contribution in [0.1, 0.15) is 15.9 Å². The highest BCUT2D eigenvalue weighted by molar-refractivity contribution is 5.87. The van der Waals surface area contributed by atoms with Gasteiger partial charge in [0, 0.05) is 0 Å². The first kappa shape index (κ1) is 13.5. The molecule has 0 amide bonds. The van der Waals surface area contributed by atoms with Gasteiger partial charge in [0.25, 0.3) is 0 Å². The van der Waals surface area contributed by atoms with Crippen molar-refractivity contribution in [2.24, 2.45) is 0 Å². The lowest BCUT2D eigenvalue weighted by molar-refractivity contribution is 0.0697. The van der Waals surface area contributed by atoms with Crippen LogP contribution in [0.3, 0.4) is 0 Å². The molecular formula is C8H12ClNO2. The predicted molar refractivity (Wildman–Crippen MR) is 50.4 cm³/mol. The number of halogens is 1. The van der Waals surface area contributed by atoms with Crippen molar-refractivity contribution >= 4 is 18.4 Å². The molecule has 4 heteroatoms. The third kappa shape index (κ3) is 3.37. The Morgan fingerprint density at radius 2 is 1.67 bits per heavy atom. The van der Waals surface area contributed by atoms with Crippen LogP contribution >= 0.6 is 12.4 Å². The van der Waals surface area contributed by atoms with Crippen molar-refractivity contribution in [1.29, 1.82) is 0 Å². The Kier molecular flexibility index (Phi) is 6.28. The van der Waals surface area contributed by atoms with Crippen LogP contribution in [0.15, 0.2) is 24.3 Å². The third-order valence-electron chi connectivity index (χ3n) is 1.30. The monoisotopic (exact) mass is 189 g/mol. The van der Waals surface area contributed by atoms with E-state index in [1.54, 1.807) is 24.3 Å². The maximum atomic E-state index is 10.3. The number of benzene rings is 1. The van der Waals surface area contributed by atoms with Crippen LogP contribution in [0.4, 0.5) is 0 Å². The lowest BCUT2D eigenvalue weighted by Crippen LogP contribution is -1.94. The van der Waals surface area contributed by atoms with Crippen LogP contribution in [-0.4, -0.2) is 11.1 Å². The standard InChI is InChI=1S/C8H8O2.ClH.H3N/c1-6-2-4-7(5-3-6)8(9)10;;/h2-5H,1H3,(H,9,10);1H;1H3. The lowest BCUT2D eigenvalue weighted by Gasteiger charge is -1.92. The third-order valence-corrected chi connectivity index (χ3v) is 1.30. The quantitative estimate of drug-likeness (QED) is 0.712. The Hall–Kier alpha value is -1.06. The van der Waals surface area contributed by atoms with Gasteiger partial charge in [-0.05, 0) is 19.1 Å². The van der Waals surface area contributed by atoms with E-state index in [-0.39, 0.29) is 18.6 Å². The fourth-order valence-electron chi connectivity index (χ4n) is 0.696. The molecule has 0 aliphatic rings. The molecule has 0 aliphatic carbocycles. The molecule has 4 N–H and O–H groups in total. The Bertz CT molecular complexity index is 246. The van der Waals surface area contributed by atoms with Gasteiger partial charge in [-0.3, -0.25) is 0 Å².